The highest BCUT2D eigenvalue weighted by Gasteiger charge is 2.30. The van der Waals surface area contributed by atoms with Crippen LogP contribution >= 0.6 is 11.3 Å². The number of amides is 2. The van der Waals surface area contributed by atoms with Crippen LogP contribution in [0, 0.1) is 5.82 Å². The number of benzene rings is 1. The molecule has 4 rings (SSSR count). The van der Waals surface area contributed by atoms with Crippen molar-refractivity contribution in [1.29, 1.82) is 0 Å². The van der Waals surface area contributed by atoms with E-state index in [1.165, 1.54) is 12.1 Å². The van der Waals surface area contributed by atoms with Gasteiger partial charge >= 0.3 is 6.03 Å². The highest BCUT2D eigenvalue weighted by atomic mass is 32.1. The molecule has 2 atom stereocenters. The average molecular weight is 415 g/mol. The van der Waals surface area contributed by atoms with Crippen LogP contribution in [-0.4, -0.2) is 23.6 Å². The summed E-state index contributed by atoms with van der Waals surface area (Å²) in [6.07, 6.45) is 3.27. The molecule has 0 aliphatic carbocycles. The number of thiophene rings is 1. The van der Waals surface area contributed by atoms with E-state index in [9.17, 15) is 9.18 Å². The Morgan fingerprint density at radius 2 is 2.07 bits per heavy atom. The van der Waals surface area contributed by atoms with Crippen molar-refractivity contribution >= 4 is 17.4 Å². The fraction of sp³-hybridized carbons (Fsp3) is 0.318. The van der Waals surface area contributed by atoms with E-state index in [-0.39, 0.29) is 24.0 Å². The second kappa shape index (κ2) is 9.24. The molecule has 1 aliphatic heterocycles. The summed E-state index contributed by atoms with van der Waals surface area (Å²) >= 11 is 1.60. The Hall–Kier alpha value is -2.64. The maximum Gasteiger partial charge on any atom is 0.318 e. The van der Waals surface area contributed by atoms with Crippen LogP contribution in [0.4, 0.5) is 9.18 Å². The third-order valence-electron chi connectivity index (χ3n) is 4.99. The smallest absolute Gasteiger partial charge is 0.318 e. The number of nitrogens with zero attached hydrogens (tertiary/aromatic N) is 1. The standard InChI is InChI=1S/C22H23FN2O3S/c23-17-9-7-16(8-10-17)21(20-6-2-12-28-20)24-22(26)25(14-18-4-1-11-27-18)15-19-5-3-13-29-19/h1,3-5,7-11,13,20-21H,2,6,12,14-15H2,(H,24,26). The number of nitrogens with one attached hydrogen (secondary N) is 1. The second-order valence-electron chi connectivity index (χ2n) is 7.04. The maximum absolute atomic E-state index is 13.4. The van der Waals surface area contributed by atoms with Gasteiger partial charge in [-0.25, -0.2) is 9.18 Å². The molecule has 152 valence electrons. The van der Waals surface area contributed by atoms with E-state index < -0.39 is 0 Å². The highest BCUT2D eigenvalue weighted by molar-refractivity contribution is 7.09. The largest absolute Gasteiger partial charge is 0.467 e. The summed E-state index contributed by atoms with van der Waals surface area (Å²) in [5.74, 6) is 0.412. The summed E-state index contributed by atoms with van der Waals surface area (Å²) in [6.45, 7) is 1.51. The van der Waals surface area contributed by atoms with Gasteiger partial charge in [0, 0.05) is 11.5 Å². The molecule has 3 aromatic rings. The van der Waals surface area contributed by atoms with E-state index in [2.05, 4.69) is 5.32 Å². The molecule has 0 saturated carbocycles. The van der Waals surface area contributed by atoms with Crippen LogP contribution in [0.2, 0.25) is 0 Å². The van der Waals surface area contributed by atoms with Crippen LogP contribution in [0.15, 0.2) is 64.6 Å². The Morgan fingerprint density at radius 3 is 2.72 bits per heavy atom. The van der Waals surface area contributed by atoms with E-state index in [1.54, 1.807) is 34.6 Å². The Morgan fingerprint density at radius 1 is 1.21 bits per heavy atom. The van der Waals surface area contributed by atoms with E-state index in [0.29, 0.717) is 25.5 Å². The lowest BCUT2D eigenvalue weighted by molar-refractivity contribution is 0.0773. The molecular weight excluding hydrogens is 391 g/mol. The van der Waals surface area contributed by atoms with Crippen molar-refractivity contribution in [2.45, 2.75) is 38.1 Å². The van der Waals surface area contributed by atoms with Crippen molar-refractivity contribution in [3.63, 3.8) is 0 Å². The monoisotopic (exact) mass is 414 g/mol. The van der Waals surface area contributed by atoms with Gasteiger partial charge in [0.2, 0.25) is 0 Å². The van der Waals surface area contributed by atoms with Gasteiger partial charge in [0.25, 0.3) is 0 Å². The summed E-state index contributed by atoms with van der Waals surface area (Å²) in [6, 6.07) is 13.3. The first-order valence-corrected chi connectivity index (χ1v) is 10.5. The molecule has 2 unspecified atom stereocenters. The molecule has 0 spiro atoms. The van der Waals surface area contributed by atoms with E-state index in [4.69, 9.17) is 9.15 Å². The van der Waals surface area contributed by atoms with Crippen molar-refractivity contribution < 1.29 is 18.3 Å². The van der Waals surface area contributed by atoms with Crippen LogP contribution in [0.1, 0.15) is 35.1 Å². The highest BCUT2D eigenvalue weighted by Crippen LogP contribution is 2.28. The SMILES string of the molecule is O=C(NC(c1ccc(F)cc1)C1CCCO1)N(Cc1ccco1)Cc1cccs1. The third kappa shape index (κ3) is 5.05. The zero-order chi connectivity index (χ0) is 20.1. The molecule has 29 heavy (non-hydrogen) atoms. The predicted molar refractivity (Wildman–Crippen MR) is 109 cm³/mol. The number of ether oxygens (including phenoxy) is 1. The quantitative estimate of drug-likeness (QED) is 0.584. The summed E-state index contributed by atoms with van der Waals surface area (Å²) in [5.41, 5.74) is 0.834. The van der Waals surface area contributed by atoms with Crippen molar-refractivity contribution in [3.05, 3.63) is 82.2 Å². The zero-order valence-corrected chi connectivity index (χ0v) is 16.7. The molecule has 1 aliphatic rings. The number of rotatable bonds is 7. The van der Waals surface area contributed by atoms with Crippen molar-refractivity contribution in [1.82, 2.24) is 10.2 Å². The number of furan rings is 1. The van der Waals surface area contributed by atoms with Gasteiger partial charge in [-0.1, -0.05) is 18.2 Å². The van der Waals surface area contributed by atoms with Crippen LogP contribution in [0.5, 0.6) is 0 Å². The van der Waals surface area contributed by atoms with Crippen molar-refractivity contribution in [2.24, 2.45) is 0 Å². The molecule has 1 fully saturated rings. The minimum atomic E-state index is -0.340. The lowest BCUT2D eigenvalue weighted by Crippen LogP contribution is -2.44. The van der Waals surface area contributed by atoms with E-state index >= 15 is 0 Å². The molecule has 2 aromatic heterocycles. The van der Waals surface area contributed by atoms with Gasteiger partial charge in [0.15, 0.2) is 0 Å². The Labute approximate surface area is 173 Å². The molecule has 3 heterocycles. The van der Waals surface area contributed by atoms with Gasteiger partial charge in [-0.05, 0) is 54.1 Å². The lowest BCUT2D eigenvalue weighted by Gasteiger charge is -2.29. The predicted octanol–water partition coefficient (Wildman–Crippen LogP) is 5.11. The van der Waals surface area contributed by atoms with Crippen molar-refractivity contribution in [2.75, 3.05) is 6.61 Å². The zero-order valence-electron chi connectivity index (χ0n) is 15.9. The normalized spacial score (nSPS) is 17.2. The Balaban J connectivity index is 1.54. The number of carbonyl (C=O) groups excluding carboxylic acids is 1. The van der Waals surface area contributed by atoms with Gasteiger partial charge in [-0.3, -0.25) is 0 Å². The Kier molecular flexibility index (Phi) is 6.27. The average Bonchev–Trinajstić information content (AvgIpc) is 3.49. The second-order valence-corrected chi connectivity index (χ2v) is 8.08. The minimum absolute atomic E-state index is 0.128. The number of hydrogen-bond donors (Lipinski definition) is 1. The molecule has 7 heteroatoms. The van der Waals surface area contributed by atoms with Crippen LogP contribution < -0.4 is 5.32 Å². The molecule has 2 amide bonds. The van der Waals surface area contributed by atoms with Gasteiger partial charge < -0.3 is 19.4 Å². The van der Waals surface area contributed by atoms with Gasteiger partial charge in [0.1, 0.15) is 11.6 Å². The van der Waals surface area contributed by atoms with E-state index in [1.807, 2.05) is 29.6 Å². The summed E-state index contributed by atoms with van der Waals surface area (Å²) in [7, 11) is 0. The molecule has 0 radical (unpaired) electrons. The third-order valence-corrected chi connectivity index (χ3v) is 5.85. The molecule has 0 bridgehead atoms. The molecule has 1 saturated heterocycles. The maximum atomic E-state index is 13.4. The molecular formula is C22H23FN2O3S. The number of carbonyl (C=O) groups is 1. The van der Waals surface area contributed by atoms with Gasteiger partial charge in [0.05, 0.1) is 31.5 Å². The van der Waals surface area contributed by atoms with Gasteiger partial charge in [-0.15, -0.1) is 11.3 Å². The van der Waals surface area contributed by atoms with Crippen LogP contribution in [0.3, 0.4) is 0 Å². The topological polar surface area (TPSA) is 54.7 Å². The van der Waals surface area contributed by atoms with Crippen molar-refractivity contribution in [3.8, 4) is 0 Å². The molecule has 1 aromatic carbocycles. The summed E-state index contributed by atoms with van der Waals surface area (Å²) in [5, 5.41) is 5.11. The molecule has 1 N–H and O–H groups in total. The van der Waals surface area contributed by atoms with Gasteiger partial charge in [-0.2, -0.15) is 0 Å². The lowest BCUT2D eigenvalue weighted by atomic mass is 9.99. The first kappa shape index (κ1) is 19.7. The summed E-state index contributed by atoms with van der Waals surface area (Å²) in [4.78, 5) is 16.1. The molecule has 5 nitrogen and oxygen atoms in total. The van der Waals surface area contributed by atoms with Crippen LogP contribution in [-0.2, 0) is 17.8 Å². The summed E-state index contributed by atoms with van der Waals surface area (Å²) < 4.78 is 24.7. The Bertz CT molecular complexity index is 855. The number of hydrogen-bond acceptors (Lipinski definition) is 4. The van der Waals surface area contributed by atoms with Crippen LogP contribution in [0.25, 0.3) is 0 Å². The number of urea groups is 1. The fourth-order valence-corrected chi connectivity index (χ4v) is 4.25. The fourth-order valence-electron chi connectivity index (χ4n) is 3.53. The first-order valence-electron chi connectivity index (χ1n) is 9.66. The minimum Gasteiger partial charge on any atom is -0.467 e. The van der Waals surface area contributed by atoms with E-state index in [0.717, 1.165) is 23.3 Å². The number of halogens is 1. The first-order chi connectivity index (χ1) is 14.2.